The molecule has 1 saturated heterocycles. The van der Waals surface area contributed by atoms with Crippen molar-refractivity contribution in [3.63, 3.8) is 0 Å². The van der Waals surface area contributed by atoms with Crippen LogP contribution < -0.4 is 10.6 Å². The average Bonchev–Trinajstić information content (AvgIpc) is 2.40. The zero-order valence-electron chi connectivity index (χ0n) is 11.3. The Morgan fingerprint density at radius 2 is 2.37 bits per heavy atom. The summed E-state index contributed by atoms with van der Waals surface area (Å²) in [6, 6.07) is 5.62. The van der Waals surface area contributed by atoms with Gasteiger partial charge in [0, 0.05) is 36.7 Å². The highest BCUT2D eigenvalue weighted by atomic mass is 79.9. The van der Waals surface area contributed by atoms with Crippen LogP contribution in [0.15, 0.2) is 22.7 Å². The normalized spacial score (nSPS) is 20.7. The Labute approximate surface area is 122 Å². The molecule has 0 amide bonds. The Morgan fingerprint density at radius 3 is 3.16 bits per heavy atom. The van der Waals surface area contributed by atoms with E-state index < -0.39 is 0 Å². The van der Waals surface area contributed by atoms with Crippen molar-refractivity contribution in [1.29, 1.82) is 0 Å². The van der Waals surface area contributed by atoms with Gasteiger partial charge in [-0.1, -0.05) is 15.9 Å². The molecule has 2 N–H and O–H groups in total. The highest BCUT2D eigenvalue weighted by Gasteiger charge is 2.17. The second-order valence-electron chi connectivity index (χ2n) is 5.03. The van der Waals surface area contributed by atoms with Gasteiger partial charge < -0.3 is 10.6 Å². The molecule has 1 atom stereocenters. The number of hydrogen-bond donors (Lipinski definition) is 2. The molecule has 1 heterocycles. The van der Waals surface area contributed by atoms with Crippen LogP contribution in [0.25, 0.3) is 0 Å². The van der Waals surface area contributed by atoms with Crippen LogP contribution in [0.4, 0.5) is 4.39 Å². The van der Waals surface area contributed by atoms with Gasteiger partial charge in [-0.25, -0.2) is 4.39 Å². The number of hydrogen-bond acceptors (Lipinski definition) is 3. The van der Waals surface area contributed by atoms with E-state index in [1.54, 1.807) is 6.07 Å². The zero-order valence-corrected chi connectivity index (χ0v) is 12.8. The molecule has 2 rings (SSSR count). The van der Waals surface area contributed by atoms with E-state index in [9.17, 15) is 4.39 Å². The second-order valence-corrected chi connectivity index (χ2v) is 5.94. The lowest BCUT2D eigenvalue weighted by Gasteiger charge is -2.33. The van der Waals surface area contributed by atoms with E-state index in [4.69, 9.17) is 0 Å². The van der Waals surface area contributed by atoms with Gasteiger partial charge in [0.1, 0.15) is 5.82 Å². The lowest BCUT2D eigenvalue weighted by Crippen LogP contribution is -2.53. The van der Waals surface area contributed by atoms with E-state index in [0.29, 0.717) is 6.04 Å². The minimum absolute atomic E-state index is 0.124. The maximum absolute atomic E-state index is 13.5. The van der Waals surface area contributed by atoms with E-state index in [-0.39, 0.29) is 5.82 Å². The summed E-state index contributed by atoms with van der Waals surface area (Å²) in [5.74, 6) is -0.124. The highest BCUT2D eigenvalue weighted by Crippen LogP contribution is 2.15. The molecule has 1 fully saturated rings. The van der Waals surface area contributed by atoms with E-state index >= 15 is 0 Å². The first-order valence-electron chi connectivity index (χ1n) is 6.72. The minimum Gasteiger partial charge on any atom is -0.315 e. The molecule has 0 radical (unpaired) electrons. The molecule has 0 bridgehead atoms. The summed E-state index contributed by atoms with van der Waals surface area (Å²) in [4.78, 5) is 2.36. The molecule has 1 unspecified atom stereocenters. The molecule has 1 aromatic rings. The molecule has 1 aliphatic rings. The van der Waals surface area contributed by atoms with Gasteiger partial charge in [-0.3, -0.25) is 4.90 Å². The number of benzene rings is 1. The lowest BCUT2D eigenvalue weighted by molar-refractivity contribution is 0.196. The van der Waals surface area contributed by atoms with Gasteiger partial charge in [-0.05, 0) is 43.8 Å². The van der Waals surface area contributed by atoms with Crippen LogP contribution in [0.3, 0.4) is 0 Å². The summed E-state index contributed by atoms with van der Waals surface area (Å²) < 4.78 is 14.5. The van der Waals surface area contributed by atoms with Crippen LogP contribution >= 0.6 is 15.9 Å². The predicted molar refractivity (Wildman–Crippen MR) is 80.0 cm³/mol. The van der Waals surface area contributed by atoms with E-state index in [1.165, 1.54) is 6.07 Å². The molecule has 1 aromatic carbocycles. The van der Waals surface area contributed by atoms with Gasteiger partial charge in [0.25, 0.3) is 0 Å². The molecule has 0 aliphatic carbocycles. The van der Waals surface area contributed by atoms with E-state index in [0.717, 1.165) is 49.2 Å². The summed E-state index contributed by atoms with van der Waals surface area (Å²) >= 11 is 3.37. The fraction of sp³-hybridized carbons (Fsp3) is 0.571. The Bertz CT molecular complexity index is 414. The summed E-state index contributed by atoms with van der Waals surface area (Å²) in [6.07, 6.45) is 0.717. The standard InChI is InChI=1S/C14H21BrFN3/c1-19-7-6-18-10-13(19)9-17-5-4-11-8-12(15)2-3-14(11)16/h2-3,8,13,17-18H,4-7,9-10H2,1H3. The fourth-order valence-electron chi connectivity index (χ4n) is 2.32. The van der Waals surface area contributed by atoms with Crippen molar-refractivity contribution in [2.45, 2.75) is 12.5 Å². The Hall–Kier alpha value is -0.490. The number of likely N-dealkylation sites (N-methyl/N-ethyl adjacent to an activating group) is 1. The molecule has 106 valence electrons. The number of piperazine rings is 1. The van der Waals surface area contributed by atoms with Gasteiger partial charge in [0.05, 0.1) is 0 Å². The molecule has 0 spiro atoms. The molecule has 0 aromatic heterocycles. The number of nitrogens with zero attached hydrogens (tertiary/aromatic N) is 1. The van der Waals surface area contributed by atoms with Crippen LogP contribution in [0.2, 0.25) is 0 Å². The summed E-state index contributed by atoms with van der Waals surface area (Å²) in [5.41, 5.74) is 0.761. The van der Waals surface area contributed by atoms with Crippen LogP contribution in [-0.2, 0) is 6.42 Å². The lowest BCUT2D eigenvalue weighted by atomic mass is 10.1. The van der Waals surface area contributed by atoms with Crippen molar-refractivity contribution in [3.8, 4) is 0 Å². The third-order valence-electron chi connectivity index (χ3n) is 3.60. The van der Waals surface area contributed by atoms with E-state index in [2.05, 4.69) is 38.5 Å². The van der Waals surface area contributed by atoms with Crippen LogP contribution in [0.1, 0.15) is 5.56 Å². The first-order valence-corrected chi connectivity index (χ1v) is 7.51. The smallest absolute Gasteiger partial charge is 0.126 e. The maximum Gasteiger partial charge on any atom is 0.126 e. The van der Waals surface area contributed by atoms with Crippen molar-refractivity contribution in [2.24, 2.45) is 0 Å². The van der Waals surface area contributed by atoms with Crippen molar-refractivity contribution in [2.75, 3.05) is 39.8 Å². The molecule has 1 aliphatic heterocycles. The van der Waals surface area contributed by atoms with Gasteiger partial charge in [-0.15, -0.1) is 0 Å². The fourth-order valence-corrected chi connectivity index (χ4v) is 2.73. The highest BCUT2D eigenvalue weighted by molar-refractivity contribution is 9.10. The van der Waals surface area contributed by atoms with Crippen molar-refractivity contribution >= 4 is 15.9 Å². The van der Waals surface area contributed by atoms with Crippen molar-refractivity contribution in [1.82, 2.24) is 15.5 Å². The average molecular weight is 330 g/mol. The van der Waals surface area contributed by atoms with Crippen LogP contribution in [-0.4, -0.2) is 50.7 Å². The molecule has 19 heavy (non-hydrogen) atoms. The van der Waals surface area contributed by atoms with Crippen LogP contribution in [0, 0.1) is 5.82 Å². The SMILES string of the molecule is CN1CCNCC1CNCCc1cc(Br)ccc1F. The molecular formula is C14H21BrFN3. The monoisotopic (exact) mass is 329 g/mol. The van der Waals surface area contributed by atoms with Gasteiger partial charge in [-0.2, -0.15) is 0 Å². The summed E-state index contributed by atoms with van der Waals surface area (Å²) in [5, 5.41) is 6.81. The molecular weight excluding hydrogens is 309 g/mol. The Balaban J connectivity index is 1.73. The Kier molecular flexibility index (Phi) is 5.76. The van der Waals surface area contributed by atoms with Gasteiger partial charge in [0.15, 0.2) is 0 Å². The number of halogens is 2. The number of nitrogens with one attached hydrogen (secondary N) is 2. The summed E-state index contributed by atoms with van der Waals surface area (Å²) in [7, 11) is 2.15. The van der Waals surface area contributed by atoms with E-state index in [1.807, 2.05) is 6.07 Å². The first-order chi connectivity index (χ1) is 9.16. The van der Waals surface area contributed by atoms with Gasteiger partial charge in [0.2, 0.25) is 0 Å². The van der Waals surface area contributed by atoms with Crippen molar-refractivity contribution < 1.29 is 4.39 Å². The van der Waals surface area contributed by atoms with Crippen LogP contribution in [0.5, 0.6) is 0 Å². The Morgan fingerprint density at radius 1 is 1.53 bits per heavy atom. The maximum atomic E-state index is 13.5. The summed E-state index contributed by atoms with van der Waals surface area (Å²) in [6.45, 7) is 4.93. The quantitative estimate of drug-likeness (QED) is 0.804. The molecule has 5 heteroatoms. The van der Waals surface area contributed by atoms with Crippen molar-refractivity contribution in [3.05, 3.63) is 34.1 Å². The first kappa shape index (κ1) is 14.9. The number of rotatable bonds is 5. The predicted octanol–water partition coefficient (Wildman–Crippen LogP) is 1.62. The third-order valence-corrected chi connectivity index (χ3v) is 4.10. The molecule has 0 saturated carbocycles. The zero-order chi connectivity index (χ0) is 13.7. The third kappa shape index (κ3) is 4.53. The topological polar surface area (TPSA) is 27.3 Å². The minimum atomic E-state index is -0.124. The molecule has 3 nitrogen and oxygen atoms in total. The van der Waals surface area contributed by atoms with Gasteiger partial charge >= 0.3 is 0 Å². The second kappa shape index (κ2) is 7.33. The largest absolute Gasteiger partial charge is 0.315 e.